The minimum absolute atomic E-state index is 1.15. The Morgan fingerprint density at radius 3 is 1.45 bits per heavy atom. The molecule has 1 nitrogen and oxygen atoms in total. The Morgan fingerprint density at radius 1 is 0.405 bits per heavy atom. The van der Waals surface area contributed by atoms with Gasteiger partial charge in [-0.3, -0.25) is 0 Å². The average molecular weight is 535 g/mol. The predicted octanol–water partition coefficient (Wildman–Crippen LogP) is 10.1. The zero-order valence-electron chi connectivity index (χ0n) is 23.4. The lowest BCUT2D eigenvalue weighted by Gasteiger charge is -2.19. The van der Waals surface area contributed by atoms with E-state index in [4.69, 9.17) is 0 Å². The number of hydrogen-bond donors (Lipinski definition) is 0. The molecule has 0 atom stereocenters. The summed E-state index contributed by atoms with van der Waals surface area (Å²) in [4.78, 5) is 0. The van der Waals surface area contributed by atoms with Crippen LogP contribution in [0.1, 0.15) is 11.1 Å². The van der Waals surface area contributed by atoms with Crippen molar-refractivity contribution in [3.63, 3.8) is 0 Å². The number of nitrogens with zero attached hydrogens (tertiary/aromatic N) is 1. The van der Waals surface area contributed by atoms with Crippen LogP contribution in [-0.4, -0.2) is 12.4 Å². The summed E-state index contributed by atoms with van der Waals surface area (Å²) in [5.74, 6) is 0. The lowest BCUT2D eigenvalue weighted by atomic mass is 9.83. The SMILES string of the molecule is Cc1ccc(-c2c3ccccc3c(-c3ccc(-c4ccc(C5=CC=[N+]=C5)cc4)c4ccccc34)c3ccccc23)cc1. The van der Waals surface area contributed by atoms with Crippen LogP contribution in [0.3, 0.4) is 0 Å². The second-order valence-corrected chi connectivity index (χ2v) is 11.0. The summed E-state index contributed by atoms with van der Waals surface area (Å²) in [5.41, 5.74) is 11.2. The molecule has 0 spiro atoms. The molecule has 0 saturated heterocycles. The zero-order valence-corrected chi connectivity index (χ0v) is 23.4. The third-order valence-corrected chi connectivity index (χ3v) is 8.55. The maximum absolute atomic E-state index is 4.23. The fourth-order valence-electron chi connectivity index (χ4n) is 6.52. The van der Waals surface area contributed by atoms with Crippen LogP contribution >= 0.6 is 0 Å². The van der Waals surface area contributed by atoms with E-state index in [-0.39, 0.29) is 0 Å². The first-order valence-electron chi connectivity index (χ1n) is 14.5. The topological polar surface area (TPSA) is 14.1 Å². The Balaban J connectivity index is 1.38. The zero-order chi connectivity index (χ0) is 28.0. The fourth-order valence-corrected chi connectivity index (χ4v) is 6.52. The molecule has 1 aliphatic heterocycles. The number of aryl methyl sites for hydroxylation is 1. The number of rotatable bonds is 4. The molecule has 0 N–H and O–H groups in total. The first-order chi connectivity index (χ1) is 20.8. The van der Waals surface area contributed by atoms with Gasteiger partial charge in [-0.2, -0.15) is 0 Å². The van der Waals surface area contributed by atoms with Gasteiger partial charge in [0.05, 0.1) is 5.57 Å². The highest BCUT2D eigenvalue weighted by molar-refractivity contribution is 6.24. The first kappa shape index (κ1) is 24.3. The highest BCUT2D eigenvalue weighted by atomic mass is 14.5. The largest absolute Gasteiger partial charge is 0.300 e. The van der Waals surface area contributed by atoms with Crippen LogP contribution in [0.5, 0.6) is 0 Å². The van der Waals surface area contributed by atoms with E-state index in [9.17, 15) is 0 Å². The standard InChI is InChI=1S/C41H28N/c1-27-14-16-30(17-15-27)40-35-10-4-6-12-37(35)41(38-13-7-5-11-36(38)40)39-23-22-32(33-8-2-3-9-34(33)39)29-20-18-28(19-21-29)31-24-25-42-26-31/h2-26H,1H3/q+1. The molecule has 196 valence electrons. The van der Waals surface area contributed by atoms with E-state index in [0.29, 0.717) is 0 Å². The van der Waals surface area contributed by atoms with Crippen LogP contribution in [-0.2, 0) is 0 Å². The molecule has 8 rings (SSSR count). The highest BCUT2D eigenvalue weighted by Crippen LogP contribution is 2.46. The Hall–Kier alpha value is -5.49. The second-order valence-electron chi connectivity index (χ2n) is 11.0. The number of hydrogen-bond acceptors (Lipinski definition) is 0. The summed E-state index contributed by atoms with van der Waals surface area (Å²) in [7, 11) is 0. The highest BCUT2D eigenvalue weighted by Gasteiger charge is 2.19. The maximum atomic E-state index is 4.23. The number of allylic oxidation sites excluding steroid dienone is 2. The molecule has 1 heteroatoms. The van der Waals surface area contributed by atoms with Crippen LogP contribution in [0.2, 0.25) is 0 Å². The molecule has 0 fully saturated rings. The number of benzene rings is 7. The van der Waals surface area contributed by atoms with Crippen molar-refractivity contribution in [2.24, 2.45) is 0 Å². The molecular weight excluding hydrogens is 506 g/mol. The van der Waals surface area contributed by atoms with E-state index in [1.807, 2.05) is 12.4 Å². The van der Waals surface area contributed by atoms with E-state index in [1.165, 1.54) is 76.8 Å². The van der Waals surface area contributed by atoms with Crippen molar-refractivity contribution < 1.29 is 0 Å². The van der Waals surface area contributed by atoms with Crippen molar-refractivity contribution in [3.8, 4) is 33.4 Å². The van der Waals surface area contributed by atoms with Crippen molar-refractivity contribution in [3.05, 3.63) is 151 Å². The Kier molecular flexibility index (Phi) is 5.71. The minimum atomic E-state index is 1.15. The van der Waals surface area contributed by atoms with Gasteiger partial charge in [0.2, 0.25) is 0 Å². The minimum Gasteiger partial charge on any atom is -0.100 e. The van der Waals surface area contributed by atoms with E-state index >= 15 is 0 Å². The molecule has 0 unspecified atom stereocenters. The van der Waals surface area contributed by atoms with Gasteiger partial charge in [-0.1, -0.05) is 139 Å². The molecule has 1 aliphatic rings. The number of fused-ring (bicyclic) bond motifs is 3. The van der Waals surface area contributed by atoms with Gasteiger partial charge in [0, 0.05) is 6.08 Å². The summed E-state index contributed by atoms with van der Waals surface area (Å²) in [6, 6.07) is 49.0. The molecule has 1 heterocycles. The Labute approximate surface area is 245 Å². The van der Waals surface area contributed by atoms with Gasteiger partial charge in [-0.15, -0.1) is 4.67 Å². The molecule has 0 aromatic heterocycles. The summed E-state index contributed by atoms with van der Waals surface area (Å²) >= 11 is 0. The summed E-state index contributed by atoms with van der Waals surface area (Å²) < 4.78 is 4.23. The van der Waals surface area contributed by atoms with E-state index in [1.54, 1.807) is 0 Å². The van der Waals surface area contributed by atoms with Gasteiger partial charge in [-0.25, -0.2) is 0 Å². The van der Waals surface area contributed by atoms with E-state index in [0.717, 1.165) is 5.57 Å². The summed E-state index contributed by atoms with van der Waals surface area (Å²) in [5, 5.41) is 7.63. The van der Waals surface area contributed by atoms with Crippen molar-refractivity contribution in [1.82, 2.24) is 4.67 Å². The molecule has 0 amide bonds. The average Bonchev–Trinajstić information content (AvgIpc) is 3.59. The van der Waals surface area contributed by atoms with Gasteiger partial charge in [0.15, 0.2) is 0 Å². The third-order valence-electron chi connectivity index (χ3n) is 8.55. The molecule has 0 aliphatic carbocycles. The van der Waals surface area contributed by atoms with Crippen LogP contribution in [0.25, 0.3) is 71.3 Å². The van der Waals surface area contributed by atoms with Crippen LogP contribution < -0.4 is 4.67 Å². The third kappa shape index (κ3) is 3.91. The molecule has 0 saturated carbocycles. The van der Waals surface area contributed by atoms with Crippen LogP contribution in [0, 0.1) is 6.92 Å². The lowest BCUT2D eigenvalue weighted by Crippen LogP contribution is -1.92. The van der Waals surface area contributed by atoms with Crippen molar-refractivity contribution in [2.45, 2.75) is 6.92 Å². The maximum Gasteiger partial charge on any atom is 0.300 e. The van der Waals surface area contributed by atoms with Gasteiger partial charge < -0.3 is 0 Å². The summed E-state index contributed by atoms with van der Waals surface area (Å²) in [6.45, 7) is 2.15. The second kappa shape index (κ2) is 9.85. The lowest BCUT2D eigenvalue weighted by molar-refractivity contribution is 1.47. The molecule has 0 radical (unpaired) electrons. The van der Waals surface area contributed by atoms with Crippen LogP contribution in [0.4, 0.5) is 0 Å². The summed E-state index contributed by atoms with van der Waals surface area (Å²) in [6.07, 6.45) is 5.81. The fraction of sp³-hybridized carbons (Fsp3) is 0.0244. The van der Waals surface area contributed by atoms with E-state index in [2.05, 4.69) is 151 Å². The molecule has 0 bridgehead atoms. The van der Waals surface area contributed by atoms with Crippen molar-refractivity contribution >= 4 is 50.3 Å². The molecule has 7 aromatic rings. The Morgan fingerprint density at radius 2 is 0.881 bits per heavy atom. The van der Waals surface area contributed by atoms with Gasteiger partial charge in [-0.05, 0) is 78.2 Å². The Bertz CT molecular complexity index is 2200. The van der Waals surface area contributed by atoms with Gasteiger partial charge in [0.25, 0.3) is 12.4 Å². The van der Waals surface area contributed by atoms with E-state index < -0.39 is 0 Å². The monoisotopic (exact) mass is 534 g/mol. The molecular formula is C41H28N+. The van der Waals surface area contributed by atoms with Gasteiger partial charge in [0.1, 0.15) is 0 Å². The smallest absolute Gasteiger partial charge is 0.100 e. The van der Waals surface area contributed by atoms with Gasteiger partial charge >= 0.3 is 0 Å². The normalized spacial score (nSPS) is 12.5. The van der Waals surface area contributed by atoms with Crippen LogP contribution in [0.15, 0.2) is 140 Å². The predicted molar refractivity (Wildman–Crippen MR) is 182 cm³/mol. The molecule has 7 aromatic carbocycles. The first-order valence-corrected chi connectivity index (χ1v) is 14.5. The quantitative estimate of drug-likeness (QED) is 0.158. The van der Waals surface area contributed by atoms with Crippen molar-refractivity contribution in [2.75, 3.05) is 0 Å². The molecule has 42 heavy (non-hydrogen) atoms. The van der Waals surface area contributed by atoms with Crippen molar-refractivity contribution in [1.29, 1.82) is 0 Å².